The number of hydrogen-bond donors (Lipinski definition) is 2. The highest BCUT2D eigenvalue weighted by Gasteiger charge is 2.15. The van der Waals surface area contributed by atoms with Gasteiger partial charge in [0.05, 0.1) is 6.42 Å². The van der Waals surface area contributed by atoms with E-state index in [0.717, 1.165) is 18.4 Å². The van der Waals surface area contributed by atoms with E-state index in [-0.39, 0.29) is 42.8 Å². The fraction of sp³-hybridized carbons (Fsp3) is 0.423. The number of amides is 2. The minimum absolute atomic E-state index is 0.00263. The van der Waals surface area contributed by atoms with E-state index >= 15 is 0 Å². The summed E-state index contributed by atoms with van der Waals surface area (Å²) in [5, 5.41) is 5.53. The quantitative estimate of drug-likeness (QED) is 0.553. The molecule has 2 amide bonds. The molecule has 2 aromatic rings. The van der Waals surface area contributed by atoms with E-state index in [4.69, 9.17) is 4.74 Å². The minimum atomic E-state index is -0.527. The number of rotatable bonds is 10. The van der Waals surface area contributed by atoms with Crippen LogP contribution in [0.25, 0.3) is 0 Å². The molecule has 0 spiro atoms. The Morgan fingerprint density at radius 2 is 1.62 bits per heavy atom. The zero-order valence-corrected chi connectivity index (χ0v) is 19.4. The molecule has 0 fully saturated rings. The Labute approximate surface area is 190 Å². The number of hydrogen-bond acceptors (Lipinski definition) is 4. The predicted octanol–water partition coefficient (Wildman–Crippen LogP) is 3.78. The molecule has 1 unspecified atom stereocenters. The van der Waals surface area contributed by atoms with Gasteiger partial charge in [-0.05, 0) is 48.4 Å². The number of carbonyl (C=O) groups is 3. The molecular formula is C26H34N2O4. The summed E-state index contributed by atoms with van der Waals surface area (Å²) in [5.74, 6) is -1.11. The largest absolute Gasteiger partial charge is 0.456 e. The van der Waals surface area contributed by atoms with E-state index in [2.05, 4.69) is 43.5 Å². The summed E-state index contributed by atoms with van der Waals surface area (Å²) < 4.78 is 5.01. The van der Waals surface area contributed by atoms with Gasteiger partial charge in [-0.25, -0.2) is 0 Å². The average molecular weight is 439 g/mol. The lowest BCUT2D eigenvalue weighted by Crippen LogP contribution is -2.36. The van der Waals surface area contributed by atoms with Gasteiger partial charge >= 0.3 is 5.97 Å². The third-order valence-corrected chi connectivity index (χ3v) is 5.11. The number of benzene rings is 2. The summed E-state index contributed by atoms with van der Waals surface area (Å²) in [7, 11) is 0. The van der Waals surface area contributed by atoms with Gasteiger partial charge in [0.1, 0.15) is 0 Å². The molecule has 0 radical (unpaired) electrons. The van der Waals surface area contributed by atoms with Gasteiger partial charge in [-0.1, -0.05) is 63.2 Å². The van der Waals surface area contributed by atoms with Gasteiger partial charge in [0.15, 0.2) is 6.61 Å². The summed E-state index contributed by atoms with van der Waals surface area (Å²) in [5.41, 5.74) is 2.91. The molecule has 32 heavy (non-hydrogen) atoms. The Balaban J connectivity index is 1.62. The molecule has 0 aliphatic carbocycles. The first-order valence-corrected chi connectivity index (χ1v) is 11.0. The van der Waals surface area contributed by atoms with Crippen molar-refractivity contribution >= 4 is 17.8 Å². The molecule has 0 aromatic heterocycles. The molecule has 6 heteroatoms. The van der Waals surface area contributed by atoms with Crippen LogP contribution in [0.3, 0.4) is 0 Å². The molecule has 172 valence electrons. The SMILES string of the molecule is CC(CCc1ccccc1)NC(=O)COC(=O)CCNC(=O)c1ccc(C(C)(C)C)cc1. The van der Waals surface area contributed by atoms with Gasteiger partial charge in [-0.15, -0.1) is 0 Å². The molecule has 6 nitrogen and oxygen atoms in total. The first-order chi connectivity index (χ1) is 15.1. The Morgan fingerprint density at radius 3 is 2.25 bits per heavy atom. The van der Waals surface area contributed by atoms with Crippen molar-refractivity contribution in [2.24, 2.45) is 0 Å². The van der Waals surface area contributed by atoms with Gasteiger partial charge < -0.3 is 15.4 Å². The fourth-order valence-corrected chi connectivity index (χ4v) is 3.14. The van der Waals surface area contributed by atoms with Gasteiger partial charge in [0.25, 0.3) is 11.8 Å². The third kappa shape index (κ3) is 8.92. The predicted molar refractivity (Wildman–Crippen MR) is 125 cm³/mol. The Hall–Kier alpha value is -3.15. The second-order valence-corrected chi connectivity index (χ2v) is 8.99. The summed E-state index contributed by atoms with van der Waals surface area (Å²) >= 11 is 0. The highest BCUT2D eigenvalue weighted by Crippen LogP contribution is 2.22. The molecule has 0 bridgehead atoms. The van der Waals surface area contributed by atoms with Crippen LogP contribution in [-0.2, 0) is 26.2 Å². The molecule has 1 atom stereocenters. The summed E-state index contributed by atoms with van der Waals surface area (Å²) in [6.07, 6.45) is 1.66. The van der Waals surface area contributed by atoms with Crippen molar-refractivity contribution in [2.45, 2.75) is 58.4 Å². The third-order valence-electron chi connectivity index (χ3n) is 5.11. The highest BCUT2D eigenvalue weighted by molar-refractivity contribution is 5.94. The molecule has 2 N–H and O–H groups in total. The van der Waals surface area contributed by atoms with Gasteiger partial charge in [0.2, 0.25) is 0 Å². The van der Waals surface area contributed by atoms with Crippen LogP contribution in [0.4, 0.5) is 0 Å². The fourth-order valence-electron chi connectivity index (χ4n) is 3.14. The minimum Gasteiger partial charge on any atom is -0.456 e. The molecule has 0 aliphatic heterocycles. The first kappa shape index (κ1) is 25.1. The van der Waals surface area contributed by atoms with E-state index in [1.165, 1.54) is 5.56 Å². The van der Waals surface area contributed by atoms with Crippen LogP contribution in [0.5, 0.6) is 0 Å². The Bertz CT molecular complexity index is 886. The van der Waals surface area contributed by atoms with Crippen molar-refractivity contribution in [1.29, 1.82) is 0 Å². The van der Waals surface area contributed by atoms with Crippen molar-refractivity contribution in [1.82, 2.24) is 10.6 Å². The van der Waals surface area contributed by atoms with E-state index in [9.17, 15) is 14.4 Å². The number of nitrogens with one attached hydrogen (secondary N) is 2. The van der Waals surface area contributed by atoms with Crippen molar-refractivity contribution in [3.63, 3.8) is 0 Å². The van der Waals surface area contributed by atoms with Crippen LogP contribution >= 0.6 is 0 Å². The van der Waals surface area contributed by atoms with E-state index < -0.39 is 5.97 Å². The normalized spacial score (nSPS) is 12.0. The van der Waals surface area contributed by atoms with Crippen LogP contribution < -0.4 is 10.6 Å². The van der Waals surface area contributed by atoms with Crippen LogP contribution in [0.15, 0.2) is 54.6 Å². The van der Waals surface area contributed by atoms with Crippen LogP contribution in [0.2, 0.25) is 0 Å². The van der Waals surface area contributed by atoms with Crippen molar-refractivity contribution in [3.05, 3.63) is 71.3 Å². The maximum atomic E-state index is 12.2. The molecule has 0 heterocycles. The molecular weight excluding hydrogens is 404 g/mol. The number of carbonyl (C=O) groups excluding carboxylic acids is 3. The second-order valence-electron chi connectivity index (χ2n) is 8.99. The number of aryl methyl sites for hydroxylation is 1. The summed E-state index contributed by atoms with van der Waals surface area (Å²) in [6, 6.07) is 17.4. The zero-order chi connectivity index (χ0) is 23.6. The van der Waals surface area contributed by atoms with Crippen molar-refractivity contribution in [2.75, 3.05) is 13.2 Å². The Kier molecular flexibility index (Phi) is 9.44. The maximum absolute atomic E-state index is 12.2. The van der Waals surface area contributed by atoms with Gasteiger partial charge in [-0.3, -0.25) is 14.4 Å². The van der Waals surface area contributed by atoms with Crippen molar-refractivity contribution in [3.8, 4) is 0 Å². The van der Waals surface area contributed by atoms with E-state index in [0.29, 0.717) is 5.56 Å². The van der Waals surface area contributed by atoms with Crippen molar-refractivity contribution < 1.29 is 19.1 Å². The second kappa shape index (κ2) is 12.0. The summed E-state index contributed by atoms with van der Waals surface area (Å²) in [6.45, 7) is 8.08. The summed E-state index contributed by atoms with van der Waals surface area (Å²) in [4.78, 5) is 36.1. The standard InChI is InChI=1S/C26H34N2O4/c1-19(10-11-20-8-6-5-7-9-20)28-23(29)18-32-24(30)16-17-27-25(31)21-12-14-22(15-13-21)26(2,3)4/h5-9,12-15,19H,10-11,16-18H2,1-4H3,(H,27,31)(H,28,29). The molecule has 0 saturated carbocycles. The molecule has 2 aromatic carbocycles. The maximum Gasteiger partial charge on any atom is 0.308 e. The zero-order valence-electron chi connectivity index (χ0n) is 19.4. The van der Waals surface area contributed by atoms with Gasteiger partial charge in [-0.2, -0.15) is 0 Å². The molecule has 2 rings (SSSR count). The topological polar surface area (TPSA) is 84.5 Å². The van der Waals surface area contributed by atoms with Crippen LogP contribution in [-0.4, -0.2) is 37.0 Å². The lowest BCUT2D eigenvalue weighted by atomic mass is 9.87. The molecule has 0 aliphatic rings. The number of esters is 1. The first-order valence-electron chi connectivity index (χ1n) is 11.0. The lowest BCUT2D eigenvalue weighted by Gasteiger charge is -2.19. The van der Waals surface area contributed by atoms with E-state index in [1.807, 2.05) is 37.3 Å². The van der Waals surface area contributed by atoms with Crippen LogP contribution in [0.1, 0.15) is 62.0 Å². The number of ether oxygens (including phenoxy) is 1. The smallest absolute Gasteiger partial charge is 0.308 e. The average Bonchev–Trinajstić information content (AvgIpc) is 2.76. The highest BCUT2D eigenvalue weighted by atomic mass is 16.5. The van der Waals surface area contributed by atoms with Gasteiger partial charge in [0, 0.05) is 18.2 Å². The lowest BCUT2D eigenvalue weighted by molar-refractivity contribution is -0.148. The molecule has 0 saturated heterocycles. The van der Waals surface area contributed by atoms with Crippen LogP contribution in [0, 0.1) is 0 Å². The van der Waals surface area contributed by atoms with E-state index in [1.54, 1.807) is 12.1 Å². The Morgan fingerprint density at radius 1 is 0.969 bits per heavy atom. The monoisotopic (exact) mass is 438 g/mol.